The molecule has 1 saturated carbocycles. The second-order valence-electron chi connectivity index (χ2n) is 9.90. The van der Waals surface area contributed by atoms with Gasteiger partial charge in [-0.25, -0.2) is 18.7 Å². The standard InChI is InChI=1S/C26H29F2N5O4/c1-13-8-33(20(35)10-34)9-18(13)32-26(36)21-14(2)31-24-22(29-12-30-23(21)24)17-7-16(25(27)28)5-6-19(17)37-11-15-3-4-15/h5-7,12-13,15,18,25,31,34H,3-4,8-11H2,1-2H3,(H,32,36)/t13-,18+/m0/s1. The zero-order valence-electron chi connectivity index (χ0n) is 20.6. The number of rotatable bonds is 8. The zero-order chi connectivity index (χ0) is 26.3. The number of aliphatic hydroxyl groups excluding tert-OH is 1. The average Bonchev–Trinajstić information content (AvgIpc) is 3.55. The van der Waals surface area contributed by atoms with E-state index in [1.54, 1.807) is 6.92 Å². The van der Waals surface area contributed by atoms with Gasteiger partial charge in [0.2, 0.25) is 5.91 Å². The highest BCUT2D eigenvalue weighted by Crippen LogP contribution is 2.38. The van der Waals surface area contributed by atoms with Crippen molar-refractivity contribution in [1.82, 2.24) is 25.2 Å². The first kappa shape index (κ1) is 25.1. The number of likely N-dealkylation sites (tertiary alicyclic amines) is 1. The maximum Gasteiger partial charge on any atom is 0.263 e. The first-order valence-corrected chi connectivity index (χ1v) is 12.3. The van der Waals surface area contributed by atoms with Crippen molar-refractivity contribution < 1.29 is 28.2 Å². The lowest BCUT2D eigenvalue weighted by molar-refractivity contribution is -0.133. The summed E-state index contributed by atoms with van der Waals surface area (Å²) in [5.41, 5.74) is 2.31. The van der Waals surface area contributed by atoms with Gasteiger partial charge in [-0.3, -0.25) is 9.59 Å². The number of carbonyl (C=O) groups excluding carboxylic acids is 2. The summed E-state index contributed by atoms with van der Waals surface area (Å²) in [7, 11) is 0. The minimum absolute atomic E-state index is 0.00147. The summed E-state index contributed by atoms with van der Waals surface area (Å²) in [6.07, 6.45) is 0.816. The maximum absolute atomic E-state index is 13.6. The summed E-state index contributed by atoms with van der Waals surface area (Å²) in [5, 5.41) is 12.1. The minimum Gasteiger partial charge on any atom is -0.493 e. The molecule has 37 heavy (non-hydrogen) atoms. The molecule has 2 fully saturated rings. The lowest BCUT2D eigenvalue weighted by Gasteiger charge is -2.17. The normalized spacial score (nSPS) is 19.6. The highest BCUT2D eigenvalue weighted by Gasteiger charge is 2.34. The van der Waals surface area contributed by atoms with Crippen LogP contribution < -0.4 is 10.1 Å². The Bertz CT molecular complexity index is 1340. The predicted molar refractivity (Wildman–Crippen MR) is 131 cm³/mol. The third kappa shape index (κ3) is 5.00. The largest absolute Gasteiger partial charge is 0.493 e. The molecule has 5 rings (SSSR count). The quantitative estimate of drug-likeness (QED) is 0.425. The van der Waals surface area contributed by atoms with Crippen molar-refractivity contribution in [1.29, 1.82) is 0 Å². The van der Waals surface area contributed by atoms with Gasteiger partial charge in [-0.2, -0.15) is 0 Å². The molecule has 1 aromatic carbocycles. The molecule has 2 aromatic heterocycles. The first-order valence-electron chi connectivity index (χ1n) is 12.3. The van der Waals surface area contributed by atoms with Crippen molar-refractivity contribution in [2.45, 2.75) is 39.2 Å². The number of alkyl halides is 2. The van der Waals surface area contributed by atoms with Gasteiger partial charge in [0.25, 0.3) is 12.3 Å². The van der Waals surface area contributed by atoms with Crippen molar-refractivity contribution in [3.8, 4) is 17.0 Å². The van der Waals surface area contributed by atoms with Crippen LogP contribution in [-0.4, -0.2) is 69.1 Å². The number of halogens is 2. The van der Waals surface area contributed by atoms with Crippen LogP contribution in [0.2, 0.25) is 0 Å². The van der Waals surface area contributed by atoms with Crippen molar-refractivity contribution in [3.63, 3.8) is 0 Å². The number of benzene rings is 1. The SMILES string of the molecule is Cc1[nH]c2c(-c3cc(C(F)F)ccc3OCC3CC3)ncnc2c1C(=O)N[C@@H]1CN(C(=O)CO)C[C@@H]1C. The van der Waals surface area contributed by atoms with Crippen LogP contribution in [-0.2, 0) is 4.79 Å². The number of hydrogen-bond acceptors (Lipinski definition) is 6. The number of aryl methyl sites for hydroxylation is 1. The summed E-state index contributed by atoms with van der Waals surface area (Å²) in [6, 6.07) is 3.97. The van der Waals surface area contributed by atoms with Crippen LogP contribution in [0.25, 0.3) is 22.3 Å². The Balaban J connectivity index is 1.48. The number of fused-ring (bicyclic) bond motifs is 1. The van der Waals surface area contributed by atoms with Crippen LogP contribution in [0.5, 0.6) is 5.75 Å². The summed E-state index contributed by atoms with van der Waals surface area (Å²) in [5.74, 6) is 0.170. The Morgan fingerprint density at radius 1 is 1.27 bits per heavy atom. The molecule has 2 aliphatic rings. The van der Waals surface area contributed by atoms with Gasteiger partial charge in [-0.15, -0.1) is 0 Å². The molecular formula is C26H29F2N5O4. The van der Waals surface area contributed by atoms with Crippen LogP contribution in [0, 0.1) is 18.8 Å². The van der Waals surface area contributed by atoms with Crippen LogP contribution >= 0.6 is 0 Å². The van der Waals surface area contributed by atoms with E-state index in [4.69, 9.17) is 9.84 Å². The van der Waals surface area contributed by atoms with E-state index >= 15 is 0 Å². The lowest BCUT2D eigenvalue weighted by Crippen LogP contribution is -2.41. The zero-order valence-corrected chi connectivity index (χ0v) is 20.6. The van der Waals surface area contributed by atoms with E-state index in [9.17, 15) is 18.4 Å². The van der Waals surface area contributed by atoms with Gasteiger partial charge >= 0.3 is 0 Å². The Morgan fingerprint density at radius 3 is 2.76 bits per heavy atom. The number of ether oxygens (including phenoxy) is 1. The van der Waals surface area contributed by atoms with Crippen LogP contribution in [0.4, 0.5) is 8.78 Å². The summed E-state index contributed by atoms with van der Waals surface area (Å²) >= 11 is 0. The molecule has 196 valence electrons. The average molecular weight is 514 g/mol. The number of hydrogen-bond donors (Lipinski definition) is 3. The number of aromatic amines is 1. The molecule has 0 unspecified atom stereocenters. The molecule has 1 saturated heterocycles. The molecule has 11 heteroatoms. The van der Waals surface area contributed by atoms with E-state index in [1.165, 1.54) is 29.4 Å². The second kappa shape index (κ2) is 10.0. The molecule has 2 atom stereocenters. The number of aromatic nitrogens is 3. The third-order valence-corrected chi connectivity index (χ3v) is 7.10. The molecule has 0 spiro atoms. The van der Waals surface area contributed by atoms with E-state index in [0.29, 0.717) is 64.9 Å². The van der Waals surface area contributed by atoms with Crippen LogP contribution in [0.1, 0.15) is 47.8 Å². The van der Waals surface area contributed by atoms with E-state index in [0.717, 1.165) is 12.8 Å². The third-order valence-electron chi connectivity index (χ3n) is 7.10. The van der Waals surface area contributed by atoms with E-state index in [1.807, 2.05) is 6.92 Å². The second-order valence-corrected chi connectivity index (χ2v) is 9.90. The Hall–Kier alpha value is -3.60. The van der Waals surface area contributed by atoms with E-state index in [-0.39, 0.29) is 29.3 Å². The number of amides is 2. The van der Waals surface area contributed by atoms with Gasteiger partial charge in [0.1, 0.15) is 29.9 Å². The Morgan fingerprint density at radius 2 is 2.05 bits per heavy atom. The molecule has 3 aromatic rings. The van der Waals surface area contributed by atoms with Gasteiger partial charge in [-0.05, 0) is 49.8 Å². The monoisotopic (exact) mass is 513 g/mol. The molecule has 0 bridgehead atoms. The van der Waals surface area contributed by atoms with Crippen LogP contribution in [0.15, 0.2) is 24.5 Å². The highest BCUT2D eigenvalue weighted by atomic mass is 19.3. The number of H-pyrrole nitrogens is 1. The van der Waals surface area contributed by atoms with Crippen LogP contribution in [0.3, 0.4) is 0 Å². The highest BCUT2D eigenvalue weighted by molar-refractivity contribution is 6.09. The minimum atomic E-state index is -2.66. The smallest absolute Gasteiger partial charge is 0.263 e. The van der Waals surface area contributed by atoms with E-state index < -0.39 is 13.0 Å². The molecule has 3 heterocycles. The van der Waals surface area contributed by atoms with E-state index in [2.05, 4.69) is 20.3 Å². The molecular weight excluding hydrogens is 484 g/mol. The Labute approximate surface area is 212 Å². The number of nitrogens with one attached hydrogen (secondary N) is 2. The fraction of sp³-hybridized carbons (Fsp3) is 0.462. The summed E-state index contributed by atoms with van der Waals surface area (Å²) < 4.78 is 33.1. The topological polar surface area (TPSA) is 120 Å². The number of aliphatic hydroxyl groups is 1. The lowest BCUT2D eigenvalue weighted by atomic mass is 10.0. The van der Waals surface area contributed by atoms with Crippen molar-refractivity contribution in [2.75, 3.05) is 26.3 Å². The molecule has 3 N–H and O–H groups in total. The molecule has 2 amide bonds. The van der Waals surface area contributed by atoms with Crippen molar-refractivity contribution in [3.05, 3.63) is 41.3 Å². The summed E-state index contributed by atoms with van der Waals surface area (Å²) in [4.78, 5) is 38.7. The van der Waals surface area contributed by atoms with Gasteiger partial charge in [-0.1, -0.05) is 6.92 Å². The maximum atomic E-state index is 13.6. The molecule has 9 nitrogen and oxygen atoms in total. The first-order chi connectivity index (χ1) is 17.8. The molecule has 1 aliphatic carbocycles. The fourth-order valence-electron chi connectivity index (χ4n) is 4.79. The molecule has 1 aliphatic heterocycles. The fourth-order valence-corrected chi connectivity index (χ4v) is 4.79. The predicted octanol–water partition coefficient (Wildman–Crippen LogP) is 3.23. The van der Waals surface area contributed by atoms with Gasteiger partial charge < -0.3 is 25.0 Å². The van der Waals surface area contributed by atoms with Gasteiger partial charge in [0, 0.05) is 29.9 Å². The Kier molecular flexibility index (Phi) is 6.80. The van der Waals surface area contributed by atoms with Crippen molar-refractivity contribution >= 4 is 22.8 Å². The van der Waals surface area contributed by atoms with Gasteiger partial charge in [0.05, 0.1) is 23.7 Å². The summed E-state index contributed by atoms with van der Waals surface area (Å²) in [6.45, 7) is 4.33. The van der Waals surface area contributed by atoms with Gasteiger partial charge in [0.15, 0.2) is 0 Å². The number of nitrogens with zero attached hydrogens (tertiary/aromatic N) is 3. The van der Waals surface area contributed by atoms with Crippen molar-refractivity contribution in [2.24, 2.45) is 11.8 Å². The number of carbonyl (C=O) groups is 2. The molecule has 0 radical (unpaired) electrons.